The monoisotopic (exact) mass is 199 g/mol. The van der Waals surface area contributed by atoms with Gasteiger partial charge in [0.1, 0.15) is 0 Å². The SMILES string of the molecule is NC(=O)OCCCOP(=O)(O)O. The molecule has 8 heteroatoms. The van der Waals surface area contributed by atoms with Gasteiger partial charge in [0.05, 0.1) is 13.2 Å². The zero-order valence-electron chi connectivity index (χ0n) is 6.17. The van der Waals surface area contributed by atoms with Gasteiger partial charge in [0.2, 0.25) is 0 Å². The molecule has 0 aromatic rings. The number of phosphoric acid groups is 1. The first-order valence-electron chi connectivity index (χ1n) is 3.04. The molecule has 0 unspecified atom stereocenters. The summed E-state index contributed by atoms with van der Waals surface area (Å²) >= 11 is 0. The molecule has 0 rings (SSSR count). The molecule has 1 amide bonds. The Balaban J connectivity index is 3.23. The summed E-state index contributed by atoms with van der Waals surface area (Å²) in [5.41, 5.74) is 4.60. The summed E-state index contributed by atoms with van der Waals surface area (Å²) in [5, 5.41) is 0. The summed E-state index contributed by atoms with van der Waals surface area (Å²) in [6, 6.07) is 0. The first-order chi connectivity index (χ1) is 5.42. The standard InChI is InChI=1S/C4H10NO6P/c5-4(6)10-2-1-3-11-12(7,8)9/h1-3H2,(H2,5,6)(H2,7,8,9). The van der Waals surface area contributed by atoms with Crippen molar-refractivity contribution in [2.24, 2.45) is 5.73 Å². The van der Waals surface area contributed by atoms with Crippen molar-refractivity contribution < 1.29 is 28.4 Å². The second kappa shape index (κ2) is 5.10. The van der Waals surface area contributed by atoms with Crippen LogP contribution in [0, 0.1) is 0 Å². The Morgan fingerprint density at radius 2 is 2.00 bits per heavy atom. The van der Waals surface area contributed by atoms with Crippen LogP contribution in [-0.4, -0.2) is 29.1 Å². The lowest BCUT2D eigenvalue weighted by Crippen LogP contribution is -2.14. The van der Waals surface area contributed by atoms with Crippen LogP contribution in [0.4, 0.5) is 4.79 Å². The summed E-state index contributed by atoms with van der Waals surface area (Å²) in [5.74, 6) is 0. The summed E-state index contributed by atoms with van der Waals surface area (Å²) in [4.78, 5) is 26.3. The second-order valence-corrected chi connectivity index (χ2v) is 3.08. The molecule has 72 valence electrons. The molecular weight excluding hydrogens is 189 g/mol. The minimum absolute atomic E-state index is 0.0185. The molecule has 0 spiro atoms. The van der Waals surface area contributed by atoms with E-state index in [0.29, 0.717) is 0 Å². The highest BCUT2D eigenvalue weighted by Gasteiger charge is 2.12. The van der Waals surface area contributed by atoms with E-state index in [-0.39, 0.29) is 19.6 Å². The maximum Gasteiger partial charge on any atom is 0.469 e. The number of carbonyl (C=O) groups excluding carboxylic acids is 1. The van der Waals surface area contributed by atoms with Crippen LogP contribution in [0.25, 0.3) is 0 Å². The summed E-state index contributed by atoms with van der Waals surface area (Å²) in [6.07, 6.45) is -0.736. The van der Waals surface area contributed by atoms with Crippen LogP contribution in [-0.2, 0) is 13.8 Å². The largest absolute Gasteiger partial charge is 0.469 e. The fourth-order valence-electron chi connectivity index (χ4n) is 0.415. The first-order valence-corrected chi connectivity index (χ1v) is 4.57. The first kappa shape index (κ1) is 11.4. The van der Waals surface area contributed by atoms with Gasteiger partial charge >= 0.3 is 13.9 Å². The average molecular weight is 199 g/mol. The molecule has 0 saturated heterocycles. The maximum atomic E-state index is 10.1. The van der Waals surface area contributed by atoms with Crippen LogP contribution in [0.15, 0.2) is 0 Å². The van der Waals surface area contributed by atoms with Crippen molar-refractivity contribution in [3.63, 3.8) is 0 Å². The summed E-state index contributed by atoms with van der Waals surface area (Å²) in [7, 11) is -4.40. The number of amides is 1. The molecule has 12 heavy (non-hydrogen) atoms. The van der Waals surface area contributed by atoms with Crippen LogP contribution < -0.4 is 5.73 Å². The third-order valence-corrected chi connectivity index (χ3v) is 1.31. The maximum absolute atomic E-state index is 10.1. The zero-order valence-corrected chi connectivity index (χ0v) is 7.07. The molecule has 0 saturated carbocycles. The Labute approximate surface area is 68.7 Å². The molecule has 0 bridgehead atoms. The Kier molecular flexibility index (Phi) is 4.84. The molecule has 4 N–H and O–H groups in total. The third kappa shape index (κ3) is 9.38. The fraction of sp³-hybridized carbons (Fsp3) is 0.750. The fourth-order valence-corrected chi connectivity index (χ4v) is 0.782. The Morgan fingerprint density at radius 1 is 1.42 bits per heavy atom. The van der Waals surface area contributed by atoms with Crippen LogP contribution in [0.2, 0.25) is 0 Å². The van der Waals surface area contributed by atoms with E-state index in [0.717, 1.165) is 0 Å². The number of rotatable bonds is 5. The van der Waals surface area contributed by atoms with Crippen molar-refractivity contribution >= 4 is 13.9 Å². The van der Waals surface area contributed by atoms with Gasteiger partial charge in [0.15, 0.2) is 0 Å². The van der Waals surface area contributed by atoms with Crippen molar-refractivity contribution in [3.05, 3.63) is 0 Å². The quantitative estimate of drug-likeness (QED) is 0.408. The summed E-state index contributed by atoms with van der Waals surface area (Å²) in [6.45, 7) is -0.201. The molecule has 0 aliphatic heterocycles. The minimum Gasteiger partial charge on any atom is -0.450 e. The van der Waals surface area contributed by atoms with Gasteiger partial charge in [-0.1, -0.05) is 0 Å². The molecule has 7 nitrogen and oxygen atoms in total. The van der Waals surface area contributed by atoms with Gasteiger partial charge in [0, 0.05) is 6.42 Å². The number of primary amides is 1. The van der Waals surface area contributed by atoms with Gasteiger partial charge in [0.25, 0.3) is 0 Å². The van der Waals surface area contributed by atoms with E-state index in [1.54, 1.807) is 0 Å². The van der Waals surface area contributed by atoms with E-state index in [9.17, 15) is 9.36 Å². The number of hydrogen-bond acceptors (Lipinski definition) is 4. The third-order valence-electron chi connectivity index (χ3n) is 0.792. The summed E-state index contributed by atoms with van der Waals surface area (Å²) < 4.78 is 18.4. The molecule has 0 atom stereocenters. The number of phosphoric ester groups is 1. The predicted octanol–water partition coefficient (Wildman–Crippen LogP) is -0.419. The molecule has 0 radical (unpaired) electrons. The molecule has 0 heterocycles. The number of hydrogen-bond donors (Lipinski definition) is 3. The zero-order chi connectivity index (χ0) is 9.61. The molecule has 0 aromatic carbocycles. The Hall–Kier alpha value is -0.620. The molecule has 0 aromatic heterocycles. The lowest BCUT2D eigenvalue weighted by molar-refractivity contribution is 0.139. The lowest BCUT2D eigenvalue weighted by atomic mass is 10.5. The van der Waals surface area contributed by atoms with E-state index < -0.39 is 13.9 Å². The molecule has 0 fully saturated rings. The van der Waals surface area contributed by atoms with E-state index >= 15 is 0 Å². The second-order valence-electron chi connectivity index (χ2n) is 1.84. The lowest BCUT2D eigenvalue weighted by Gasteiger charge is -2.04. The Morgan fingerprint density at radius 3 is 2.42 bits per heavy atom. The van der Waals surface area contributed by atoms with E-state index in [1.165, 1.54) is 0 Å². The van der Waals surface area contributed by atoms with Gasteiger partial charge in [-0.2, -0.15) is 0 Å². The molecule has 0 aliphatic carbocycles. The number of nitrogens with two attached hydrogens (primary N) is 1. The predicted molar refractivity (Wildman–Crippen MR) is 38.1 cm³/mol. The normalized spacial score (nSPS) is 11.2. The van der Waals surface area contributed by atoms with E-state index in [4.69, 9.17) is 9.79 Å². The van der Waals surface area contributed by atoms with Gasteiger partial charge in [-0.05, 0) is 0 Å². The van der Waals surface area contributed by atoms with Gasteiger partial charge in [-0.3, -0.25) is 4.52 Å². The average Bonchev–Trinajstić information content (AvgIpc) is 1.83. The van der Waals surface area contributed by atoms with Crippen LogP contribution >= 0.6 is 7.82 Å². The Bertz CT molecular complexity index is 188. The van der Waals surface area contributed by atoms with Crippen LogP contribution in [0.1, 0.15) is 6.42 Å². The van der Waals surface area contributed by atoms with Gasteiger partial charge in [-0.25, -0.2) is 9.36 Å². The highest BCUT2D eigenvalue weighted by Crippen LogP contribution is 2.35. The van der Waals surface area contributed by atoms with Gasteiger partial charge in [-0.15, -0.1) is 0 Å². The molecular formula is C4H10NO6P. The van der Waals surface area contributed by atoms with Crippen molar-refractivity contribution in [3.8, 4) is 0 Å². The van der Waals surface area contributed by atoms with Gasteiger partial charge < -0.3 is 20.3 Å². The number of ether oxygens (including phenoxy) is 1. The van der Waals surface area contributed by atoms with E-state index in [1.807, 2.05) is 0 Å². The molecule has 0 aliphatic rings. The van der Waals surface area contributed by atoms with Crippen molar-refractivity contribution in [2.45, 2.75) is 6.42 Å². The smallest absolute Gasteiger partial charge is 0.450 e. The highest BCUT2D eigenvalue weighted by atomic mass is 31.2. The van der Waals surface area contributed by atoms with Crippen LogP contribution in [0.5, 0.6) is 0 Å². The number of carbonyl (C=O) groups is 1. The minimum atomic E-state index is -4.40. The van der Waals surface area contributed by atoms with Crippen molar-refractivity contribution in [2.75, 3.05) is 13.2 Å². The topological polar surface area (TPSA) is 119 Å². The van der Waals surface area contributed by atoms with Crippen molar-refractivity contribution in [1.82, 2.24) is 0 Å². The highest BCUT2D eigenvalue weighted by molar-refractivity contribution is 7.46. The van der Waals surface area contributed by atoms with E-state index in [2.05, 4.69) is 15.0 Å². The van der Waals surface area contributed by atoms with Crippen molar-refractivity contribution in [1.29, 1.82) is 0 Å². The van der Waals surface area contributed by atoms with Crippen LogP contribution in [0.3, 0.4) is 0 Å².